The van der Waals surface area contributed by atoms with Crippen LogP contribution in [0.4, 0.5) is 0 Å². The maximum absolute atomic E-state index is 12.9. The quantitative estimate of drug-likeness (QED) is 0.680. The van der Waals surface area contributed by atoms with E-state index in [1.807, 2.05) is 12.1 Å². The molecule has 0 bridgehead atoms. The first-order valence-electron chi connectivity index (χ1n) is 10.6. The molecule has 0 unspecified atom stereocenters. The van der Waals surface area contributed by atoms with Gasteiger partial charge in [0.05, 0.1) is 6.67 Å². The highest BCUT2D eigenvalue weighted by molar-refractivity contribution is 6.30. The number of carbonyl (C=O) groups excluding carboxylic acids is 1. The predicted octanol–water partition coefficient (Wildman–Crippen LogP) is 4.42. The summed E-state index contributed by atoms with van der Waals surface area (Å²) < 4.78 is 0. The Kier molecular flexibility index (Phi) is 5.23. The zero-order valence-electron chi connectivity index (χ0n) is 17.0. The fourth-order valence-electron chi connectivity index (χ4n) is 4.94. The third kappa shape index (κ3) is 3.60. The lowest BCUT2D eigenvalue weighted by molar-refractivity contribution is -0.129. The number of hydrogen-bond donors (Lipinski definition) is 1. The molecule has 5 heteroatoms. The van der Waals surface area contributed by atoms with Crippen LogP contribution in [0, 0.1) is 0 Å². The molecule has 4 nitrogen and oxygen atoms in total. The molecule has 0 saturated carbocycles. The molecular formula is C25H26ClN3O. The summed E-state index contributed by atoms with van der Waals surface area (Å²) in [5.74, 6) is 0.182. The van der Waals surface area contributed by atoms with Gasteiger partial charge in [-0.25, -0.2) is 0 Å². The molecule has 0 aromatic heterocycles. The highest BCUT2D eigenvalue weighted by Gasteiger charge is 2.49. The number of nitrogens with one attached hydrogen (secondary N) is 1. The van der Waals surface area contributed by atoms with Gasteiger partial charge in [0.25, 0.3) is 0 Å². The van der Waals surface area contributed by atoms with Crippen molar-refractivity contribution in [2.24, 2.45) is 0 Å². The standard InChI is InChI=1S/C25H26ClN3O/c26-22-10-8-19(9-11-22)16-29-18-27-24(30)25(29)12-14-28(15-13-25)17-21-6-3-5-20-4-1-2-7-23(20)21/h1-11H,12-18H2,(H,27,30). The lowest BCUT2D eigenvalue weighted by Gasteiger charge is -2.42. The minimum absolute atomic E-state index is 0.182. The Morgan fingerprint density at radius 2 is 1.63 bits per heavy atom. The van der Waals surface area contributed by atoms with Crippen molar-refractivity contribution in [1.82, 2.24) is 15.1 Å². The Morgan fingerprint density at radius 3 is 2.43 bits per heavy atom. The molecule has 30 heavy (non-hydrogen) atoms. The van der Waals surface area contributed by atoms with E-state index in [2.05, 4.69) is 69.7 Å². The van der Waals surface area contributed by atoms with Crippen LogP contribution in [0.25, 0.3) is 10.8 Å². The maximum Gasteiger partial charge on any atom is 0.241 e. The second-order valence-electron chi connectivity index (χ2n) is 8.43. The summed E-state index contributed by atoms with van der Waals surface area (Å²) in [6.45, 7) is 4.15. The number of nitrogens with zero attached hydrogens (tertiary/aromatic N) is 2. The highest BCUT2D eigenvalue weighted by Crippen LogP contribution is 2.34. The summed E-state index contributed by atoms with van der Waals surface area (Å²) in [4.78, 5) is 17.7. The van der Waals surface area contributed by atoms with E-state index in [0.717, 1.165) is 44.0 Å². The van der Waals surface area contributed by atoms with Gasteiger partial charge in [-0.1, -0.05) is 66.2 Å². The van der Waals surface area contributed by atoms with E-state index in [1.54, 1.807) is 0 Å². The van der Waals surface area contributed by atoms with Crippen molar-refractivity contribution >= 4 is 28.3 Å². The van der Waals surface area contributed by atoms with Crippen molar-refractivity contribution in [1.29, 1.82) is 0 Å². The van der Waals surface area contributed by atoms with E-state index < -0.39 is 5.54 Å². The number of piperidine rings is 1. The fraction of sp³-hybridized carbons (Fsp3) is 0.320. The number of halogens is 1. The van der Waals surface area contributed by atoms with Gasteiger partial charge < -0.3 is 5.32 Å². The van der Waals surface area contributed by atoms with Gasteiger partial charge >= 0.3 is 0 Å². The molecule has 5 rings (SSSR count). The SMILES string of the molecule is O=C1NCN(Cc2ccc(Cl)cc2)C12CCN(Cc1cccc3ccccc13)CC2. The lowest BCUT2D eigenvalue weighted by atomic mass is 9.85. The van der Waals surface area contributed by atoms with Crippen molar-refractivity contribution < 1.29 is 4.79 Å². The smallest absolute Gasteiger partial charge is 0.241 e. The van der Waals surface area contributed by atoms with E-state index in [-0.39, 0.29) is 5.91 Å². The number of rotatable bonds is 4. The molecule has 154 valence electrons. The second-order valence-corrected chi connectivity index (χ2v) is 8.87. The van der Waals surface area contributed by atoms with Gasteiger partial charge in [-0.15, -0.1) is 0 Å². The monoisotopic (exact) mass is 419 g/mol. The average Bonchev–Trinajstić information content (AvgIpc) is 3.07. The number of fused-ring (bicyclic) bond motifs is 1. The molecule has 0 aliphatic carbocycles. The maximum atomic E-state index is 12.9. The molecule has 0 radical (unpaired) electrons. The number of likely N-dealkylation sites (tertiary alicyclic amines) is 1. The van der Waals surface area contributed by atoms with Gasteiger partial charge in [-0.3, -0.25) is 14.6 Å². The number of carbonyl (C=O) groups is 1. The van der Waals surface area contributed by atoms with Crippen LogP contribution < -0.4 is 5.32 Å². The largest absolute Gasteiger partial charge is 0.342 e. The Balaban J connectivity index is 1.29. The Morgan fingerprint density at radius 1 is 0.900 bits per heavy atom. The first-order chi connectivity index (χ1) is 14.6. The predicted molar refractivity (Wildman–Crippen MR) is 121 cm³/mol. The van der Waals surface area contributed by atoms with E-state index in [1.165, 1.54) is 21.9 Å². The molecule has 2 fully saturated rings. The van der Waals surface area contributed by atoms with Crippen LogP contribution in [-0.2, 0) is 17.9 Å². The molecule has 3 aromatic rings. The summed E-state index contributed by atoms with van der Waals surface area (Å²) in [7, 11) is 0. The molecule has 1 N–H and O–H groups in total. The minimum atomic E-state index is -0.394. The van der Waals surface area contributed by atoms with Crippen LogP contribution in [0.1, 0.15) is 24.0 Å². The van der Waals surface area contributed by atoms with Crippen molar-refractivity contribution in [3.8, 4) is 0 Å². The van der Waals surface area contributed by atoms with Crippen LogP contribution in [0.5, 0.6) is 0 Å². The van der Waals surface area contributed by atoms with Crippen molar-refractivity contribution in [2.45, 2.75) is 31.5 Å². The van der Waals surface area contributed by atoms with Gasteiger partial charge in [0.1, 0.15) is 5.54 Å². The summed E-state index contributed by atoms with van der Waals surface area (Å²) in [6, 6.07) is 23.0. The van der Waals surface area contributed by atoms with Crippen LogP contribution in [0.2, 0.25) is 5.02 Å². The highest BCUT2D eigenvalue weighted by atomic mass is 35.5. The number of benzene rings is 3. The summed E-state index contributed by atoms with van der Waals surface area (Å²) >= 11 is 6.03. The average molecular weight is 420 g/mol. The van der Waals surface area contributed by atoms with Crippen molar-refractivity contribution in [3.05, 3.63) is 82.9 Å². The van der Waals surface area contributed by atoms with Crippen LogP contribution in [-0.4, -0.2) is 41.0 Å². The van der Waals surface area contributed by atoms with Crippen LogP contribution >= 0.6 is 11.6 Å². The summed E-state index contributed by atoms with van der Waals surface area (Å²) in [5, 5.41) is 6.44. The molecule has 0 atom stereocenters. The first-order valence-corrected chi connectivity index (χ1v) is 11.0. The Labute approximate surface area is 182 Å². The molecule has 3 aromatic carbocycles. The van der Waals surface area contributed by atoms with E-state index in [4.69, 9.17) is 11.6 Å². The van der Waals surface area contributed by atoms with Gasteiger partial charge in [0, 0.05) is 31.2 Å². The van der Waals surface area contributed by atoms with E-state index >= 15 is 0 Å². The minimum Gasteiger partial charge on any atom is -0.342 e. The normalized spacial score (nSPS) is 19.4. The zero-order chi connectivity index (χ0) is 20.6. The van der Waals surface area contributed by atoms with Crippen molar-refractivity contribution in [3.63, 3.8) is 0 Å². The molecule has 2 aliphatic rings. The van der Waals surface area contributed by atoms with Gasteiger partial charge in [-0.05, 0) is 46.9 Å². The number of hydrogen-bond acceptors (Lipinski definition) is 3. The zero-order valence-corrected chi connectivity index (χ0v) is 17.7. The Bertz CT molecular complexity index is 1050. The van der Waals surface area contributed by atoms with E-state index in [9.17, 15) is 4.79 Å². The molecular weight excluding hydrogens is 394 g/mol. The van der Waals surface area contributed by atoms with Gasteiger partial charge in [0.2, 0.25) is 5.91 Å². The molecule has 2 saturated heterocycles. The summed E-state index contributed by atoms with van der Waals surface area (Å²) in [6.07, 6.45) is 1.72. The van der Waals surface area contributed by atoms with Gasteiger partial charge in [-0.2, -0.15) is 0 Å². The van der Waals surface area contributed by atoms with Gasteiger partial charge in [0.15, 0.2) is 0 Å². The topological polar surface area (TPSA) is 35.6 Å². The van der Waals surface area contributed by atoms with Crippen LogP contribution in [0.15, 0.2) is 66.7 Å². The molecule has 2 heterocycles. The molecule has 2 aliphatic heterocycles. The van der Waals surface area contributed by atoms with Crippen LogP contribution in [0.3, 0.4) is 0 Å². The molecule has 1 amide bonds. The lowest BCUT2D eigenvalue weighted by Crippen LogP contribution is -2.55. The third-order valence-electron chi connectivity index (χ3n) is 6.70. The number of amides is 1. The Hall–Kier alpha value is -2.40. The van der Waals surface area contributed by atoms with E-state index in [0.29, 0.717) is 6.67 Å². The third-order valence-corrected chi connectivity index (χ3v) is 6.95. The summed E-state index contributed by atoms with van der Waals surface area (Å²) in [5.41, 5.74) is 2.15. The first kappa shape index (κ1) is 19.6. The van der Waals surface area contributed by atoms with Crippen molar-refractivity contribution in [2.75, 3.05) is 19.8 Å². The second kappa shape index (κ2) is 8.03. The molecule has 1 spiro atoms. The fourth-order valence-corrected chi connectivity index (χ4v) is 5.07.